The van der Waals surface area contributed by atoms with E-state index in [9.17, 15) is 49.3 Å². The zero-order chi connectivity index (χ0) is 45.5. The van der Waals surface area contributed by atoms with Gasteiger partial charge in [-0.25, -0.2) is 26.5 Å². The smallest absolute Gasteiger partial charge is 0.419 e. The Balaban J connectivity index is 0.000000269. The van der Waals surface area contributed by atoms with Crippen LogP contribution in [0.2, 0.25) is 5.02 Å². The maximum Gasteiger partial charge on any atom is 0.419 e. The summed E-state index contributed by atoms with van der Waals surface area (Å²) in [6, 6.07) is 16.0. The largest absolute Gasteiger partial charge is 0.768 e. The van der Waals surface area contributed by atoms with Crippen molar-refractivity contribution in [2.45, 2.75) is 14.6 Å². The first-order valence-corrected chi connectivity index (χ1v) is 26.3. The highest BCUT2D eigenvalue weighted by Gasteiger charge is 2.43. The molecule has 1 atom stereocenters. The molecule has 0 radical (unpaired) electrons. The van der Waals surface area contributed by atoms with Gasteiger partial charge in [-0.3, -0.25) is 9.13 Å². The number of sulfonamides is 2. The molecule has 1 aliphatic heterocycles. The molecular formula is C35H31Cl2F3N4O12P2S4. The predicted octanol–water partition coefficient (Wildman–Crippen LogP) is 6.81. The van der Waals surface area contributed by atoms with Crippen LogP contribution in [0.5, 0.6) is 17.2 Å². The number of nitriles is 1. The lowest BCUT2D eigenvalue weighted by Gasteiger charge is -2.24. The number of hydrogen-bond donors (Lipinski definition) is 4. The summed E-state index contributed by atoms with van der Waals surface area (Å²) in [5.41, 5.74) is -2.07. The number of allylic oxidation sites excluding steroid dienone is 2. The van der Waals surface area contributed by atoms with E-state index < -0.39 is 74.7 Å². The van der Waals surface area contributed by atoms with Crippen molar-refractivity contribution in [1.82, 2.24) is 14.3 Å². The molecule has 1 aliphatic rings. The highest BCUT2D eigenvalue weighted by Crippen LogP contribution is 2.48. The van der Waals surface area contributed by atoms with Crippen LogP contribution in [0, 0.1) is 17.5 Å². The molecular weight excluding hydrogens is 987 g/mol. The first-order valence-electron chi connectivity index (χ1n) is 17.2. The summed E-state index contributed by atoms with van der Waals surface area (Å²) in [5, 5.41) is 9.80. The van der Waals surface area contributed by atoms with E-state index in [0.29, 0.717) is 28.9 Å². The fourth-order valence-electron chi connectivity index (χ4n) is 5.28. The highest BCUT2D eigenvalue weighted by atomic mass is 35.5. The zero-order valence-corrected chi connectivity index (χ0v) is 37.8. The second-order valence-electron chi connectivity index (χ2n) is 12.4. The minimum absolute atomic E-state index is 0.0211. The number of ether oxygens (including phenoxy) is 2. The van der Waals surface area contributed by atoms with E-state index in [-0.39, 0.29) is 55.9 Å². The standard InChI is InChI=1S/C24H19F3N3O6PS2.C11H12Cl2NO6PS2/c25-24(26,27)22-21-18(15-28)19(35-14-13-30-11-5-2-6-12-30)9-10-20(21)38-23(22)39(33,34)29-16-37(31,32)36-17-7-3-1-4-8-17;12-3-4-20-8-1-2-9-7(11(8)13)5-10(22-9)23(18,19)14-6-21(15,16)17/h1-10,29H,11,13-14,16H2;1-2,5,14H,3-4,6H2,(H2,15,16,17). The molecule has 2 aromatic heterocycles. The summed E-state index contributed by atoms with van der Waals surface area (Å²) < 4.78 is 134. The molecule has 332 valence electrons. The maximum absolute atomic E-state index is 14.2. The number of halogens is 5. The summed E-state index contributed by atoms with van der Waals surface area (Å²) in [5.74, 6) is 0.417. The van der Waals surface area contributed by atoms with Gasteiger partial charge in [0, 0.05) is 26.2 Å². The average Bonchev–Trinajstić information content (AvgIpc) is 3.85. The summed E-state index contributed by atoms with van der Waals surface area (Å²) in [6.07, 6.45) is 0.851. The molecule has 0 bridgehead atoms. The number of rotatable bonds is 17. The third-order valence-electron chi connectivity index (χ3n) is 7.93. The lowest BCUT2D eigenvalue weighted by molar-refractivity contribution is -0.191. The van der Waals surface area contributed by atoms with Crippen molar-refractivity contribution in [3.63, 3.8) is 0 Å². The minimum Gasteiger partial charge on any atom is -0.768 e. The van der Waals surface area contributed by atoms with Crippen LogP contribution in [0.25, 0.3) is 20.2 Å². The van der Waals surface area contributed by atoms with Crippen LogP contribution >= 0.6 is 61.1 Å². The van der Waals surface area contributed by atoms with Gasteiger partial charge in [0.2, 0.25) is 0 Å². The summed E-state index contributed by atoms with van der Waals surface area (Å²) in [4.78, 5) is 31.6. The summed E-state index contributed by atoms with van der Waals surface area (Å²) >= 11 is 12.9. The van der Waals surface area contributed by atoms with Gasteiger partial charge in [-0.1, -0.05) is 29.8 Å². The highest BCUT2D eigenvalue weighted by molar-refractivity contribution is 7.92. The fraction of sp³-hybridized carbons (Fsp3) is 0.229. The number of nitrogens with one attached hydrogen (secondary N) is 2. The van der Waals surface area contributed by atoms with Crippen LogP contribution in [-0.4, -0.2) is 76.3 Å². The predicted molar refractivity (Wildman–Crippen MR) is 226 cm³/mol. The van der Waals surface area contributed by atoms with Crippen LogP contribution in [0.3, 0.4) is 0 Å². The van der Waals surface area contributed by atoms with Gasteiger partial charge in [0.15, 0.2) is 19.9 Å². The second kappa shape index (κ2) is 20.4. The van der Waals surface area contributed by atoms with Crippen molar-refractivity contribution in [2.24, 2.45) is 0 Å². The van der Waals surface area contributed by atoms with Crippen LogP contribution < -0.4 is 28.3 Å². The Morgan fingerprint density at radius 1 is 0.952 bits per heavy atom. The number of thiophene rings is 2. The Morgan fingerprint density at radius 3 is 2.24 bits per heavy atom. The quantitative estimate of drug-likeness (QED) is 0.0425. The molecule has 6 rings (SSSR count). The Kier molecular flexibility index (Phi) is 16.2. The molecule has 3 heterocycles. The van der Waals surface area contributed by atoms with Crippen molar-refractivity contribution >= 4 is 101 Å². The molecule has 0 fully saturated rings. The number of para-hydroxylation sites is 1. The normalized spacial score (nSPS) is 14.1. The average molecular weight is 1020 g/mol. The third-order valence-corrected chi connectivity index (χ3v) is 16.6. The lowest BCUT2D eigenvalue weighted by atomic mass is 10.1. The van der Waals surface area contributed by atoms with Crippen molar-refractivity contribution in [3.8, 4) is 23.3 Å². The van der Waals surface area contributed by atoms with E-state index in [1.54, 1.807) is 46.0 Å². The number of fused-ring (bicyclic) bond motifs is 2. The maximum atomic E-state index is 14.2. The Labute approximate surface area is 370 Å². The first kappa shape index (κ1) is 49.2. The Bertz CT molecular complexity index is 2850. The molecule has 0 amide bonds. The zero-order valence-electron chi connectivity index (χ0n) is 31.2. The van der Waals surface area contributed by atoms with Crippen molar-refractivity contribution in [1.29, 1.82) is 5.26 Å². The van der Waals surface area contributed by atoms with E-state index in [4.69, 9.17) is 47.0 Å². The first-order chi connectivity index (χ1) is 29.0. The minimum atomic E-state index is -5.20. The van der Waals surface area contributed by atoms with Gasteiger partial charge < -0.3 is 28.7 Å². The van der Waals surface area contributed by atoms with E-state index in [2.05, 4.69) is 6.20 Å². The number of nitrogens with zero attached hydrogens (tertiary/aromatic N) is 2. The van der Waals surface area contributed by atoms with Crippen molar-refractivity contribution in [2.75, 3.05) is 44.8 Å². The second-order valence-corrected chi connectivity index (χ2v) is 22.6. The molecule has 1 unspecified atom stereocenters. The number of benzene rings is 3. The molecule has 0 saturated heterocycles. The Morgan fingerprint density at radius 2 is 1.61 bits per heavy atom. The fourth-order valence-corrected chi connectivity index (χ4v) is 13.4. The molecule has 5 aromatic rings. The van der Waals surface area contributed by atoms with Gasteiger partial charge in [-0.15, -0.1) is 34.3 Å². The van der Waals surface area contributed by atoms with Gasteiger partial charge in [-0.05, 0) is 42.5 Å². The number of hydrogen-bond acceptors (Lipinski definition) is 14. The summed E-state index contributed by atoms with van der Waals surface area (Å²) in [7, 11) is -18.4. The van der Waals surface area contributed by atoms with Crippen molar-refractivity contribution in [3.05, 3.63) is 101 Å². The van der Waals surface area contributed by atoms with Gasteiger partial charge in [0.25, 0.3) is 20.0 Å². The van der Waals surface area contributed by atoms with Crippen LogP contribution in [-0.2, 0) is 35.4 Å². The van der Waals surface area contributed by atoms with Crippen LogP contribution in [0.15, 0.2) is 87.3 Å². The summed E-state index contributed by atoms with van der Waals surface area (Å²) in [6.45, 7) is 1.18. The van der Waals surface area contributed by atoms with E-state index >= 15 is 0 Å². The van der Waals surface area contributed by atoms with Gasteiger partial charge in [0.1, 0.15) is 56.8 Å². The molecule has 62 heavy (non-hydrogen) atoms. The molecule has 27 heteroatoms. The third kappa shape index (κ3) is 12.9. The van der Waals surface area contributed by atoms with Crippen molar-refractivity contribution < 1.29 is 67.8 Å². The monoisotopic (exact) mass is 1020 g/mol. The van der Waals surface area contributed by atoms with E-state index in [1.165, 1.54) is 42.5 Å². The molecule has 0 saturated carbocycles. The van der Waals surface area contributed by atoms with E-state index in [0.717, 1.165) is 11.3 Å². The number of alkyl halides is 4. The lowest BCUT2D eigenvalue weighted by Crippen LogP contribution is -2.29. The topological polar surface area (TPSA) is 245 Å². The van der Waals surface area contributed by atoms with Crippen LogP contribution in [0.4, 0.5) is 13.2 Å². The molecule has 0 aliphatic carbocycles. The molecule has 0 spiro atoms. The van der Waals surface area contributed by atoms with Gasteiger partial charge in [-0.2, -0.15) is 23.2 Å². The van der Waals surface area contributed by atoms with Crippen LogP contribution in [0.1, 0.15) is 11.1 Å². The molecule has 4 N–H and O–H groups in total. The molecule has 3 aromatic carbocycles. The Hall–Kier alpha value is -3.81. The SMILES string of the molecule is N#Cc1c(OCCN2[C+]=CC=CC2)ccc2sc(S(=O)(=O)NCP(=O)([O-])Oc3ccccc3)c(C(F)(F)F)c12.O=P(O)(O)CNS(=O)(=O)c1cc2c(Cl)c(OCCCl)ccc2s1. The molecule has 16 nitrogen and oxygen atoms in total. The van der Waals surface area contributed by atoms with Gasteiger partial charge >= 0.3 is 13.8 Å². The van der Waals surface area contributed by atoms with E-state index in [1.807, 2.05) is 10.8 Å². The van der Waals surface area contributed by atoms with Gasteiger partial charge in [0.05, 0.1) is 41.9 Å².